The Balaban J connectivity index is 2.54. The van der Waals surface area contributed by atoms with Crippen LogP contribution in [0.5, 0.6) is 5.75 Å². The van der Waals surface area contributed by atoms with Crippen LogP contribution in [0.3, 0.4) is 0 Å². The normalized spacial score (nSPS) is 10.4. The molecule has 0 spiro atoms. The molecule has 0 saturated heterocycles. The molecular weight excluding hydrogens is 320 g/mol. The first-order valence-electron chi connectivity index (χ1n) is 8.41. The van der Waals surface area contributed by atoms with Gasteiger partial charge in [0.05, 0.1) is 25.0 Å². The Morgan fingerprint density at radius 3 is 2.56 bits per heavy atom. The van der Waals surface area contributed by atoms with Gasteiger partial charge in [0.15, 0.2) is 6.61 Å². The third kappa shape index (κ3) is 7.71. The summed E-state index contributed by atoms with van der Waals surface area (Å²) in [6.45, 7) is 7.59. The Bertz CT molecular complexity index is 620. The SMILES string of the molecule is CC(C)Oc1cccc(CC(=O)OCC(=O)N(CCC#N)C(C)C)c1. The molecule has 6 nitrogen and oxygen atoms in total. The monoisotopic (exact) mass is 346 g/mol. The van der Waals surface area contributed by atoms with Gasteiger partial charge in [0.1, 0.15) is 5.75 Å². The van der Waals surface area contributed by atoms with Crippen molar-refractivity contribution in [3.8, 4) is 11.8 Å². The first-order chi connectivity index (χ1) is 11.8. The zero-order chi connectivity index (χ0) is 18.8. The molecule has 1 aromatic rings. The summed E-state index contributed by atoms with van der Waals surface area (Å²) in [5, 5.41) is 8.65. The lowest BCUT2D eigenvalue weighted by molar-refractivity contribution is -0.152. The Kier molecular flexibility index (Phi) is 8.48. The van der Waals surface area contributed by atoms with Crippen LogP contribution in [0.25, 0.3) is 0 Å². The van der Waals surface area contributed by atoms with Crippen LogP contribution >= 0.6 is 0 Å². The van der Waals surface area contributed by atoms with Gasteiger partial charge < -0.3 is 14.4 Å². The van der Waals surface area contributed by atoms with Crippen molar-refractivity contribution in [3.05, 3.63) is 29.8 Å². The number of nitrogens with zero attached hydrogens (tertiary/aromatic N) is 2. The Morgan fingerprint density at radius 2 is 1.96 bits per heavy atom. The number of hydrogen-bond acceptors (Lipinski definition) is 5. The van der Waals surface area contributed by atoms with Crippen LogP contribution in [0.15, 0.2) is 24.3 Å². The molecule has 0 unspecified atom stereocenters. The van der Waals surface area contributed by atoms with Crippen molar-refractivity contribution in [1.82, 2.24) is 4.90 Å². The largest absolute Gasteiger partial charge is 0.491 e. The van der Waals surface area contributed by atoms with Crippen molar-refractivity contribution in [3.63, 3.8) is 0 Å². The Hall–Kier alpha value is -2.55. The van der Waals surface area contributed by atoms with E-state index in [2.05, 4.69) is 0 Å². The summed E-state index contributed by atoms with van der Waals surface area (Å²) in [6.07, 6.45) is 0.374. The molecule has 0 saturated carbocycles. The molecule has 1 amide bonds. The number of esters is 1. The van der Waals surface area contributed by atoms with Gasteiger partial charge in [-0.05, 0) is 45.4 Å². The summed E-state index contributed by atoms with van der Waals surface area (Å²) < 4.78 is 10.7. The minimum absolute atomic E-state index is 0.0512. The highest BCUT2D eigenvalue weighted by Gasteiger charge is 2.18. The minimum Gasteiger partial charge on any atom is -0.491 e. The van der Waals surface area contributed by atoms with E-state index in [-0.39, 0.29) is 37.5 Å². The molecule has 0 N–H and O–H groups in total. The molecule has 0 aromatic heterocycles. The van der Waals surface area contributed by atoms with E-state index in [9.17, 15) is 9.59 Å². The molecule has 1 rings (SSSR count). The second-order valence-electron chi connectivity index (χ2n) is 6.24. The van der Waals surface area contributed by atoms with Gasteiger partial charge in [-0.3, -0.25) is 9.59 Å². The van der Waals surface area contributed by atoms with E-state index in [1.54, 1.807) is 6.07 Å². The second-order valence-corrected chi connectivity index (χ2v) is 6.24. The summed E-state index contributed by atoms with van der Waals surface area (Å²) in [5.41, 5.74) is 0.765. The predicted molar refractivity (Wildman–Crippen MR) is 93.9 cm³/mol. The highest BCUT2D eigenvalue weighted by Crippen LogP contribution is 2.15. The summed E-state index contributed by atoms with van der Waals surface area (Å²) in [7, 11) is 0. The number of hydrogen-bond donors (Lipinski definition) is 0. The maximum absolute atomic E-state index is 12.1. The third-order valence-corrected chi connectivity index (χ3v) is 3.38. The molecule has 0 bridgehead atoms. The lowest BCUT2D eigenvalue weighted by Crippen LogP contribution is -2.40. The molecule has 0 heterocycles. The maximum Gasteiger partial charge on any atom is 0.310 e. The van der Waals surface area contributed by atoms with Crippen molar-refractivity contribution in [2.45, 2.75) is 52.7 Å². The molecule has 1 aromatic carbocycles. The molecule has 136 valence electrons. The number of nitriles is 1. The van der Waals surface area contributed by atoms with E-state index >= 15 is 0 Å². The summed E-state index contributed by atoms with van der Waals surface area (Å²) in [4.78, 5) is 25.6. The molecule has 0 fully saturated rings. The van der Waals surface area contributed by atoms with Gasteiger partial charge in [0.25, 0.3) is 5.91 Å². The summed E-state index contributed by atoms with van der Waals surface area (Å²) in [5.74, 6) is -0.0756. The lowest BCUT2D eigenvalue weighted by atomic mass is 10.1. The van der Waals surface area contributed by atoms with Crippen molar-refractivity contribution >= 4 is 11.9 Å². The predicted octanol–water partition coefficient (Wildman–Crippen LogP) is 2.71. The molecule has 0 radical (unpaired) electrons. The fraction of sp³-hybridized carbons (Fsp3) is 0.526. The van der Waals surface area contributed by atoms with E-state index < -0.39 is 5.97 Å². The van der Waals surface area contributed by atoms with E-state index in [0.29, 0.717) is 12.3 Å². The summed E-state index contributed by atoms with van der Waals surface area (Å²) >= 11 is 0. The number of rotatable bonds is 9. The van der Waals surface area contributed by atoms with Gasteiger partial charge in [-0.2, -0.15) is 5.26 Å². The van der Waals surface area contributed by atoms with E-state index in [1.807, 2.05) is 52.0 Å². The van der Waals surface area contributed by atoms with Crippen LogP contribution in [0.1, 0.15) is 39.7 Å². The average Bonchev–Trinajstić information content (AvgIpc) is 2.52. The molecular formula is C19H26N2O4. The number of ether oxygens (including phenoxy) is 2. The first kappa shape index (κ1) is 20.5. The second kappa shape index (κ2) is 10.3. The quantitative estimate of drug-likeness (QED) is 0.642. The van der Waals surface area contributed by atoms with Gasteiger partial charge in [-0.25, -0.2) is 0 Å². The van der Waals surface area contributed by atoms with E-state index in [1.165, 1.54) is 4.90 Å². The van der Waals surface area contributed by atoms with Gasteiger partial charge in [0, 0.05) is 12.6 Å². The third-order valence-electron chi connectivity index (χ3n) is 3.38. The summed E-state index contributed by atoms with van der Waals surface area (Å²) in [6, 6.07) is 9.20. The fourth-order valence-electron chi connectivity index (χ4n) is 2.29. The number of amides is 1. The lowest BCUT2D eigenvalue weighted by Gasteiger charge is -2.25. The highest BCUT2D eigenvalue weighted by atomic mass is 16.5. The molecule has 0 aliphatic rings. The standard InChI is InChI=1S/C19H26N2O4/c1-14(2)21(10-6-9-20)18(22)13-24-19(23)12-16-7-5-8-17(11-16)25-15(3)4/h5,7-8,11,14-15H,6,10,12-13H2,1-4H3. The molecule has 0 aliphatic carbocycles. The minimum atomic E-state index is -0.473. The van der Waals surface area contributed by atoms with Crippen LogP contribution < -0.4 is 4.74 Å². The van der Waals surface area contributed by atoms with Gasteiger partial charge >= 0.3 is 5.97 Å². The maximum atomic E-state index is 12.1. The van der Waals surface area contributed by atoms with Crippen molar-refractivity contribution in [2.75, 3.05) is 13.2 Å². The van der Waals surface area contributed by atoms with Gasteiger partial charge in [0.2, 0.25) is 0 Å². The van der Waals surface area contributed by atoms with Gasteiger partial charge in [-0.1, -0.05) is 12.1 Å². The van der Waals surface area contributed by atoms with Crippen LogP contribution in [0.2, 0.25) is 0 Å². The van der Waals surface area contributed by atoms with E-state index in [4.69, 9.17) is 14.7 Å². The molecule has 0 atom stereocenters. The zero-order valence-corrected chi connectivity index (χ0v) is 15.3. The number of benzene rings is 1. The van der Waals surface area contributed by atoms with Crippen LogP contribution in [-0.4, -0.2) is 42.1 Å². The molecule has 0 aliphatic heterocycles. The Morgan fingerprint density at radius 1 is 1.24 bits per heavy atom. The number of carbonyl (C=O) groups excluding carboxylic acids is 2. The fourth-order valence-corrected chi connectivity index (χ4v) is 2.29. The average molecular weight is 346 g/mol. The first-order valence-corrected chi connectivity index (χ1v) is 8.41. The number of carbonyl (C=O) groups is 2. The van der Waals surface area contributed by atoms with Crippen molar-refractivity contribution in [1.29, 1.82) is 5.26 Å². The van der Waals surface area contributed by atoms with E-state index in [0.717, 1.165) is 5.56 Å². The molecule has 6 heteroatoms. The van der Waals surface area contributed by atoms with Crippen LogP contribution in [0, 0.1) is 11.3 Å². The molecule has 25 heavy (non-hydrogen) atoms. The zero-order valence-electron chi connectivity index (χ0n) is 15.3. The van der Waals surface area contributed by atoms with Crippen LogP contribution in [0.4, 0.5) is 0 Å². The van der Waals surface area contributed by atoms with Crippen molar-refractivity contribution in [2.24, 2.45) is 0 Å². The topological polar surface area (TPSA) is 79.6 Å². The Labute approximate surface area is 149 Å². The van der Waals surface area contributed by atoms with Crippen LogP contribution in [-0.2, 0) is 20.7 Å². The van der Waals surface area contributed by atoms with Crippen molar-refractivity contribution < 1.29 is 19.1 Å². The van der Waals surface area contributed by atoms with Gasteiger partial charge in [-0.15, -0.1) is 0 Å². The highest BCUT2D eigenvalue weighted by molar-refractivity contribution is 5.81. The smallest absolute Gasteiger partial charge is 0.310 e.